The molecule has 0 spiro atoms. The highest BCUT2D eigenvalue weighted by atomic mass is 19.4. The molecule has 0 aliphatic heterocycles. The van der Waals surface area contributed by atoms with Crippen molar-refractivity contribution in [2.45, 2.75) is 19.3 Å². The number of nitrogens with one attached hydrogen (secondary N) is 1. The minimum Gasteiger partial charge on any atom is -0.459 e. The molecule has 0 saturated heterocycles. The number of furan rings is 1. The summed E-state index contributed by atoms with van der Waals surface area (Å²) < 4.78 is 81.1. The monoisotopic (exact) mass is 337 g/mol. The second-order valence-corrected chi connectivity index (χ2v) is 4.68. The number of rotatable bonds is 2. The van der Waals surface area contributed by atoms with E-state index in [9.17, 15) is 31.1 Å². The topological polar surface area (TPSA) is 42.2 Å². The molecule has 0 saturated carbocycles. The molecule has 0 bridgehead atoms. The molecule has 2 aromatic rings. The van der Waals surface area contributed by atoms with Gasteiger partial charge in [0.1, 0.15) is 0 Å². The van der Waals surface area contributed by atoms with Gasteiger partial charge in [-0.25, -0.2) is 0 Å². The third-order valence-electron chi connectivity index (χ3n) is 2.91. The summed E-state index contributed by atoms with van der Waals surface area (Å²) in [5.41, 5.74) is -3.27. The first-order valence-electron chi connectivity index (χ1n) is 6.13. The molecule has 2 rings (SSSR count). The lowest BCUT2D eigenvalue weighted by Gasteiger charge is -2.14. The molecule has 0 fully saturated rings. The molecule has 0 aliphatic carbocycles. The van der Waals surface area contributed by atoms with E-state index in [2.05, 4.69) is 0 Å². The molecule has 3 nitrogen and oxygen atoms in total. The van der Waals surface area contributed by atoms with Crippen molar-refractivity contribution < 1.29 is 35.6 Å². The standard InChI is InChI=1S/C14H9F6NO2/c1-7-2-3-23-11(7)12(22)21-10-5-8(13(15,16)17)4-9(6-10)14(18,19)20/h2-6H,1H3,(H,21,22). The molecule has 1 N–H and O–H groups in total. The van der Waals surface area contributed by atoms with Crippen LogP contribution in [0, 0.1) is 6.92 Å². The third kappa shape index (κ3) is 3.85. The van der Waals surface area contributed by atoms with Gasteiger partial charge in [-0.1, -0.05) is 0 Å². The number of hydrogen-bond donors (Lipinski definition) is 1. The van der Waals surface area contributed by atoms with Gasteiger partial charge < -0.3 is 9.73 Å². The summed E-state index contributed by atoms with van der Waals surface area (Å²) >= 11 is 0. The second kappa shape index (κ2) is 5.64. The van der Waals surface area contributed by atoms with Crippen molar-refractivity contribution in [3.63, 3.8) is 0 Å². The van der Waals surface area contributed by atoms with Crippen LogP contribution in [0.15, 0.2) is 34.9 Å². The fourth-order valence-corrected chi connectivity index (χ4v) is 1.82. The Balaban J connectivity index is 2.42. The first-order chi connectivity index (χ1) is 10.5. The minimum atomic E-state index is -4.98. The summed E-state index contributed by atoms with van der Waals surface area (Å²) in [6, 6.07) is 2.26. The quantitative estimate of drug-likeness (QED) is 0.794. The predicted octanol–water partition coefficient (Wildman–Crippen LogP) is 4.88. The molecular weight excluding hydrogens is 328 g/mol. The molecule has 23 heavy (non-hydrogen) atoms. The van der Waals surface area contributed by atoms with Gasteiger partial charge in [-0.15, -0.1) is 0 Å². The van der Waals surface area contributed by atoms with Crippen LogP contribution in [-0.2, 0) is 12.4 Å². The largest absolute Gasteiger partial charge is 0.459 e. The fourth-order valence-electron chi connectivity index (χ4n) is 1.82. The summed E-state index contributed by atoms with van der Waals surface area (Å²) in [6.07, 6.45) is -8.79. The van der Waals surface area contributed by atoms with Crippen LogP contribution in [0.5, 0.6) is 0 Å². The number of carbonyl (C=O) groups excluding carboxylic acids is 1. The van der Waals surface area contributed by atoms with Gasteiger partial charge in [-0.05, 0) is 31.2 Å². The number of alkyl halides is 6. The van der Waals surface area contributed by atoms with Crippen molar-refractivity contribution in [2.24, 2.45) is 0 Å². The van der Waals surface area contributed by atoms with E-state index in [1.807, 2.05) is 5.32 Å². The van der Waals surface area contributed by atoms with Gasteiger partial charge in [-0.2, -0.15) is 26.3 Å². The Bertz CT molecular complexity index is 697. The van der Waals surface area contributed by atoms with Crippen molar-refractivity contribution in [3.05, 3.63) is 53.0 Å². The van der Waals surface area contributed by atoms with E-state index in [4.69, 9.17) is 4.42 Å². The Morgan fingerprint density at radius 2 is 1.52 bits per heavy atom. The summed E-state index contributed by atoms with van der Waals surface area (Å²) in [4.78, 5) is 11.9. The van der Waals surface area contributed by atoms with E-state index in [0.29, 0.717) is 17.7 Å². The Morgan fingerprint density at radius 1 is 1.00 bits per heavy atom. The van der Waals surface area contributed by atoms with Crippen LogP contribution in [0.3, 0.4) is 0 Å². The van der Waals surface area contributed by atoms with Crippen LogP contribution in [0.1, 0.15) is 27.2 Å². The number of anilines is 1. The van der Waals surface area contributed by atoms with Gasteiger partial charge in [0.2, 0.25) is 0 Å². The molecule has 1 heterocycles. The smallest absolute Gasteiger partial charge is 0.416 e. The zero-order valence-electron chi connectivity index (χ0n) is 11.5. The Hall–Kier alpha value is -2.45. The molecule has 1 amide bonds. The number of amides is 1. The van der Waals surface area contributed by atoms with Gasteiger partial charge in [0, 0.05) is 11.3 Å². The van der Waals surface area contributed by atoms with E-state index in [1.54, 1.807) is 0 Å². The average Bonchev–Trinajstić information content (AvgIpc) is 2.82. The van der Waals surface area contributed by atoms with Crippen molar-refractivity contribution >= 4 is 11.6 Å². The van der Waals surface area contributed by atoms with Gasteiger partial charge >= 0.3 is 12.4 Å². The van der Waals surface area contributed by atoms with Crippen LogP contribution >= 0.6 is 0 Å². The van der Waals surface area contributed by atoms with Crippen molar-refractivity contribution in [3.8, 4) is 0 Å². The molecule has 1 aromatic heterocycles. The highest BCUT2D eigenvalue weighted by Crippen LogP contribution is 2.37. The normalized spacial score (nSPS) is 12.3. The van der Waals surface area contributed by atoms with E-state index < -0.39 is 35.1 Å². The number of aryl methyl sites for hydroxylation is 1. The van der Waals surface area contributed by atoms with Crippen LogP contribution in [0.25, 0.3) is 0 Å². The van der Waals surface area contributed by atoms with Crippen LogP contribution in [0.2, 0.25) is 0 Å². The van der Waals surface area contributed by atoms with Gasteiger partial charge in [0.25, 0.3) is 5.91 Å². The highest BCUT2D eigenvalue weighted by molar-refractivity contribution is 6.03. The maximum atomic E-state index is 12.7. The molecule has 124 valence electrons. The first kappa shape index (κ1) is 16.9. The molecular formula is C14H9F6NO2. The SMILES string of the molecule is Cc1ccoc1C(=O)Nc1cc(C(F)(F)F)cc(C(F)(F)F)c1. The van der Waals surface area contributed by atoms with E-state index in [1.165, 1.54) is 19.3 Å². The van der Waals surface area contributed by atoms with E-state index in [-0.39, 0.29) is 11.8 Å². The highest BCUT2D eigenvalue weighted by Gasteiger charge is 2.37. The Labute approximate surface area is 125 Å². The lowest BCUT2D eigenvalue weighted by atomic mass is 10.1. The third-order valence-corrected chi connectivity index (χ3v) is 2.91. The average molecular weight is 337 g/mol. The second-order valence-electron chi connectivity index (χ2n) is 4.68. The maximum Gasteiger partial charge on any atom is 0.416 e. The number of benzene rings is 1. The Morgan fingerprint density at radius 3 is 1.91 bits per heavy atom. The summed E-state index contributed by atoms with van der Waals surface area (Å²) in [7, 11) is 0. The minimum absolute atomic E-state index is 0.0200. The van der Waals surface area contributed by atoms with E-state index in [0.717, 1.165) is 0 Å². The van der Waals surface area contributed by atoms with Crippen LogP contribution in [0.4, 0.5) is 32.0 Å². The predicted molar refractivity (Wildman–Crippen MR) is 67.8 cm³/mol. The first-order valence-corrected chi connectivity index (χ1v) is 6.13. The van der Waals surface area contributed by atoms with E-state index >= 15 is 0 Å². The van der Waals surface area contributed by atoms with Crippen molar-refractivity contribution in [2.75, 3.05) is 5.32 Å². The van der Waals surface area contributed by atoms with Crippen LogP contribution in [-0.4, -0.2) is 5.91 Å². The van der Waals surface area contributed by atoms with Gasteiger partial charge in [0.05, 0.1) is 17.4 Å². The maximum absolute atomic E-state index is 12.7. The summed E-state index contributed by atoms with van der Waals surface area (Å²) in [5, 5.41) is 1.98. The molecule has 0 atom stereocenters. The lowest BCUT2D eigenvalue weighted by Crippen LogP contribution is -2.16. The lowest BCUT2D eigenvalue weighted by molar-refractivity contribution is -0.143. The van der Waals surface area contributed by atoms with Gasteiger partial charge in [0.15, 0.2) is 5.76 Å². The molecule has 9 heteroatoms. The van der Waals surface area contributed by atoms with Crippen molar-refractivity contribution in [1.82, 2.24) is 0 Å². The van der Waals surface area contributed by atoms with Crippen LogP contribution < -0.4 is 5.32 Å². The zero-order valence-corrected chi connectivity index (χ0v) is 11.5. The summed E-state index contributed by atoms with van der Waals surface area (Å²) in [6.45, 7) is 1.51. The van der Waals surface area contributed by atoms with Gasteiger partial charge in [-0.3, -0.25) is 4.79 Å². The molecule has 0 radical (unpaired) electrons. The van der Waals surface area contributed by atoms with Crippen molar-refractivity contribution in [1.29, 1.82) is 0 Å². The number of hydrogen-bond acceptors (Lipinski definition) is 2. The molecule has 1 aromatic carbocycles. The summed E-state index contributed by atoms with van der Waals surface area (Å²) in [5.74, 6) is -1.14. The zero-order chi connectivity index (χ0) is 17.4. The number of halogens is 6. The molecule has 0 aliphatic rings. The Kier molecular flexibility index (Phi) is 4.14. The number of carbonyl (C=O) groups is 1. The molecule has 0 unspecified atom stereocenters. The fraction of sp³-hybridized carbons (Fsp3) is 0.214.